The minimum atomic E-state index is 0. The van der Waals surface area contributed by atoms with Crippen molar-refractivity contribution >= 4 is 23.9 Å². The first-order valence-corrected chi connectivity index (χ1v) is 1.34. The van der Waals surface area contributed by atoms with Crippen LogP contribution in [0.25, 0.3) is 0 Å². The van der Waals surface area contributed by atoms with Crippen molar-refractivity contribution in [2.45, 2.75) is 0 Å². The Labute approximate surface area is 69.2 Å². The van der Waals surface area contributed by atoms with E-state index >= 15 is 0 Å². The maximum atomic E-state index is 2.00. The van der Waals surface area contributed by atoms with Crippen LogP contribution in [-0.4, -0.2) is 50.0 Å². The molecule has 0 bridgehead atoms. The molecule has 64 valence electrons. The summed E-state index contributed by atoms with van der Waals surface area (Å²) >= 11 is 0. The van der Waals surface area contributed by atoms with Gasteiger partial charge in [0.2, 0.25) is 0 Å². The fraction of sp³-hybridized carbons (Fsp3) is 1.00. The van der Waals surface area contributed by atoms with Crippen molar-refractivity contribution in [3.05, 3.63) is 0 Å². The Morgan fingerprint density at radius 3 is 0.667 bits per heavy atom. The third kappa shape index (κ3) is 1550. The van der Waals surface area contributed by atoms with Gasteiger partial charge in [0.1, 0.15) is 0 Å². The van der Waals surface area contributed by atoms with Crippen LogP contribution in [0.4, 0.5) is 18.8 Å². The van der Waals surface area contributed by atoms with Crippen LogP contribution in [0.2, 0.25) is 0 Å². The van der Waals surface area contributed by atoms with E-state index in [0.717, 1.165) is 0 Å². The van der Waals surface area contributed by atoms with Crippen LogP contribution in [0.5, 0.6) is 0 Å². The van der Waals surface area contributed by atoms with E-state index in [1.807, 2.05) is 26.0 Å². The average Bonchev–Trinajstić information content (AvgIpc) is 0.811. The quantitative estimate of drug-likeness (QED) is 0.433. The monoisotopic (exact) mass is 261 g/mol. The molecule has 0 aromatic heterocycles. The summed E-state index contributed by atoms with van der Waals surface area (Å²) in [5.41, 5.74) is 0. The number of hydrogen-bond donors (Lipinski definition) is 0. The molecule has 0 aromatic rings. The molecule has 0 aliphatic heterocycles. The topological polar surface area (TPSA) is 3.24 Å². The molecule has 2 radical (unpaired) electrons. The molecule has 0 rings (SSSR count). The first-order chi connectivity index (χ1) is 1.73. The van der Waals surface area contributed by atoms with Crippen LogP contribution in [0, 0.1) is 0 Å². The molecular formula is C3H15F4NSn. The van der Waals surface area contributed by atoms with Crippen molar-refractivity contribution in [1.82, 2.24) is 4.90 Å². The molecule has 0 N–H and O–H groups in total. The second-order valence-electron chi connectivity index (χ2n) is 1.34. The van der Waals surface area contributed by atoms with Crippen molar-refractivity contribution in [2.75, 3.05) is 21.1 Å². The van der Waals surface area contributed by atoms with Gasteiger partial charge in [0.15, 0.2) is 0 Å². The summed E-state index contributed by atoms with van der Waals surface area (Å²) in [6.45, 7) is 0. The molecule has 0 unspecified atom stereocenters. The number of nitrogens with zero attached hydrogens (tertiary/aromatic N) is 1. The van der Waals surface area contributed by atoms with Gasteiger partial charge in [0.05, 0.1) is 0 Å². The number of hydrogen-bond acceptors (Lipinski definition) is 1. The standard InChI is InChI=1S/C3H9N.4FH.Sn.2H/c1-4(2)3;;;;;;;/h1-3H3;4*1H;;;. The van der Waals surface area contributed by atoms with Crippen molar-refractivity contribution in [3.8, 4) is 0 Å². The molecule has 0 saturated heterocycles. The Morgan fingerprint density at radius 2 is 0.667 bits per heavy atom. The predicted molar refractivity (Wildman–Crippen MR) is 38.2 cm³/mol. The van der Waals surface area contributed by atoms with Crippen LogP contribution in [0.3, 0.4) is 0 Å². The summed E-state index contributed by atoms with van der Waals surface area (Å²) in [7, 11) is 6.00. The van der Waals surface area contributed by atoms with Crippen LogP contribution in [0.15, 0.2) is 0 Å². The van der Waals surface area contributed by atoms with E-state index in [0.29, 0.717) is 0 Å². The van der Waals surface area contributed by atoms with E-state index in [-0.39, 0.29) is 42.7 Å². The maximum absolute atomic E-state index is 2.00. The molecule has 6 heteroatoms. The predicted octanol–water partition coefficient (Wildman–Crippen LogP) is -0.128. The molecule has 0 saturated carbocycles. The summed E-state index contributed by atoms with van der Waals surface area (Å²) in [5.74, 6) is 0. The van der Waals surface area contributed by atoms with Gasteiger partial charge in [-0.2, -0.15) is 0 Å². The Kier molecular flexibility index (Phi) is 245. The van der Waals surface area contributed by atoms with Crippen molar-refractivity contribution in [3.63, 3.8) is 0 Å². The van der Waals surface area contributed by atoms with Crippen molar-refractivity contribution < 1.29 is 18.8 Å². The first-order valence-electron chi connectivity index (χ1n) is 1.34. The fourth-order valence-corrected chi connectivity index (χ4v) is 0. The SMILES string of the molecule is CN(C)C.F.F.F.F.[SnH2]. The van der Waals surface area contributed by atoms with Gasteiger partial charge < -0.3 is 4.90 Å². The van der Waals surface area contributed by atoms with E-state index < -0.39 is 0 Å². The molecule has 0 fully saturated rings. The molecule has 0 atom stereocenters. The summed E-state index contributed by atoms with van der Waals surface area (Å²) in [5, 5.41) is 0. The molecule has 1 nitrogen and oxygen atoms in total. The number of rotatable bonds is 0. The molecule has 0 amide bonds. The van der Waals surface area contributed by atoms with Gasteiger partial charge in [-0.3, -0.25) is 18.8 Å². The van der Waals surface area contributed by atoms with Crippen LogP contribution in [-0.2, 0) is 0 Å². The zero-order valence-electron chi connectivity index (χ0n) is 5.79. The van der Waals surface area contributed by atoms with Gasteiger partial charge in [-0.25, -0.2) is 0 Å². The van der Waals surface area contributed by atoms with Crippen LogP contribution >= 0.6 is 0 Å². The summed E-state index contributed by atoms with van der Waals surface area (Å²) in [6, 6.07) is 0. The summed E-state index contributed by atoms with van der Waals surface area (Å²) in [4.78, 5) is 2.00. The Bertz CT molecular complexity index is 20.5. The second kappa shape index (κ2) is 39.2. The van der Waals surface area contributed by atoms with Gasteiger partial charge in [0, 0.05) is 0 Å². The Hall–Kier alpha value is 0.479. The Morgan fingerprint density at radius 1 is 0.667 bits per heavy atom. The van der Waals surface area contributed by atoms with Gasteiger partial charge in [-0.1, -0.05) is 0 Å². The van der Waals surface area contributed by atoms with E-state index in [1.54, 1.807) is 0 Å². The first kappa shape index (κ1) is 56.3. The van der Waals surface area contributed by atoms with E-state index in [4.69, 9.17) is 0 Å². The van der Waals surface area contributed by atoms with E-state index in [2.05, 4.69) is 0 Å². The van der Waals surface area contributed by atoms with Crippen molar-refractivity contribution in [1.29, 1.82) is 0 Å². The third-order valence-corrected chi connectivity index (χ3v) is 0. The van der Waals surface area contributed by atoms with Gasteiger partial charge >= 0.3 is 23.9 Å². The minimum absolute atomic E-state index is 0. The normalized spacial score (nSPS) is 4.00. The zero-order valence-corrected chi connectivity index (χ0v) is 9.82. The average molecular weight is 260 g/mol. The second-order valence-corrected chi connectivity index (χ2v) is 1.34. The van der Waals surface area contributed by atoms with Crippen molar-refractivity contribution in [2.24, 2.45) is 0 Å². The molecule has 0 spiro atoms. The van der Waals surface area contributed by atoms with E-state index in [1.165, 1.54) is 0 Å². The molecule has 0 aliphatic carbocycles. The number of halogens is 4. The Balaban J connectivity index is -0.00000000450. The summed E-state index contributed by atoms with van der Waals surface area (Å²) in [6.07, 6.45) is 0. The van der Waals surface area contributed by atoms with Gasteiger partial charge in [-0.15, -0.1) is 0 Å². The van der Waals surface area contributed by atoms with Crippen LogP contribution < -0.4 is 0 Å². The van der Waals surface area contributed by atoms with Gasteiger partial charge in [0.25, 0.3) is 0 Å². The van der Waals surface area contributed by atoms with Crippen LogP contribution in [0.1, 0.15) is 0 Å². The molecule has 0 aromatic carbocycles. The fourth-order valence-electron chi connectivity index (χ4n) is 0. The molecule has 9 heavy (non-hydrogen) atoms. The zero-order chi connectivity index (χ0) is 3.58. The third-order valence-electron chi connectivity index (χ3n) is 0. The summed E-state index contributed by atoms with van der Waals surface area (Å²) < 4.78 is 0. The molecule has 0 aliphatic rings. The van der Waals surface area contributed by atoms with Gasteiger partial charge in [-0.05, 0) is 21.1 Å². The molecular weight excluding hydrogens is 245 g/mol. The van der Waals surface area contributed by atoms with E-state index in [9.17, 15) is 0 Å². The molecule has 0 heterocycles.